The van der Waals surface area contributed by atoms with Crippen LogP contribution in [0.5, 0.6) is 0 Å². The topological polar surface area (TPSA) is 75.6 Å². The van der Waals surface area contributed by atoms with Gasteiger partial charge >= 0.3 is 12.1 Å². The molecule has 4 aliphatic carbocycles. The molecule has 28 heavy (non-hydrogen) atoms. The molecule has 0 unspecified atom stereocenters. The van der Waals surface area contributed by atoms with Gasteiger partial charge in [0.15, 0.2) is 0 Å². The molecule has 5 nitrogen and oxygen atoms in total. The molecular formula is C23H23NO4. The van der Waals surface area contributed by atoms with Crippen molar-refractivity contribution >= 4 is 12.1 Å². The van der Waals surface area contributed by atoms with Crippen molar-refractivity contribution in [1.82, 2.24) is 5.32 Å². The van der Waals surface area contributed by atoms with Crippen LogP contribution >= 0.6 is 0 Å². The Balaban J connectivity index is 1.25. The van der Waals surface area contributed by atoms with Crippen LogP contribution < -0.4 is 5.32 Å². The van der Waals surface area contributed by atoms with Gasteiger partial charge in [-0.05, 0) is 59.3 Å². The molecule has 5 heteroatoms. The second-order valence-electron chi connectivity index (χ2n) is 8.54. The maximum Gasteiger partial charge on any atom is 0.407 e. The highest BCUT2D eigenvalue weighted by molar-refractivity contribution is 5.81. The molecule has 2 aromatic carbocycles. The Hall–Kier alpha value is -2.82. The number of alkyl carbamates (subject to hydrolysis) is 1. The molecule has 3 saturated carbocycles. The van der Waals surface area contributed by atoms with Gasteiger partial charge in [0.05, 0.1) is 0 Å². The maximum atomic E-state index is 12.3. The van der Waals surface area contributed by atoms with E-state index in [0.717, 1.165) is 36.3 Å². The number of carbonyl (C=O) groups excluding carboxylic acids is 1. The number of amides is 1. The van der Waals surface area contributed by atoms with E-state index in [-0.39, 0.29) is 17.9 Å². The fraction of sp³-hybridized carbons (Fsp3) is 0.391. The predicted octanol–water partition coefficient (Wildman–Crippen LogP) is 4.17. The van der Waals surface area contributed by atoms with E-state index in [1.807, 2.05) is 24.3 Å². The predicted molar refractivity (Wildman–Crippen MR) is 104 cm³/mol. The van der Waals surface area contributed by atoms with Gasteiger partial charge in [0, 0.05) is 5.92 Å². The molecule has 0 heterocycles. The number of aliphatic carboxylic acids is 1. The smallest absolute Gasteiger partial charge is 0.407 e. The van der Waals surface area contributed by atoms with Crippen molar-refractivity contribution in [2.24, 2.45) is 11.3 Å². The first-order valence-electron chi connectivity index (χ1n) is 9.89. The molecule has 1 atom stereocenters. The average Bonchev–Trinajstić information content (AvgIpc) is 2.94. The van der Waals surface area contributed by atoms with Crippen molar-refractivity contribution in [3.05, 3.63) is 59.7 Å². The van der Waals surface area contributed by atoms with Gasteiger partial charge in [-0.15, -0.1) is 0 Å². The van der Waals surface area contributed by atoms with Crippen LogP contribution in [-0.2, 0) is 9.53 Å². The molecule has 0 radical (unpaired) electrons. The number of carboxylic acid groups (broad SMARTS) is 1. The van der Waals surface area contributed by atoms with Crippen molar-refractivity contribution in [2.75, 3.05) is 6.61 Å². The highest BCUT2D eigenvalue weighted by Crippen LogP contribution is 2.66. The minimum atomic E-state index is -0.988. The van der Waals surface area contributed by atoms with Gasteiger partial charge < -0.3 is 15.2 Å². The standard InChI is InChI=1S/C23H23NO4/c25-21(26)20(12-23-9-14(10-23)11-23)24-22(27)28-13-19-17-7-3-1-5-15(17)16-6-2-4-8-18(16)19/h1-8,14,19-20H,9-13H2,(H,24,27)(H,25,26)/t14?,20-,23?/m1/s1. The van der Waals surface area contributed by atoms with Crippen molar-refractivity contribution in [3.8, 4) is 11.1 Å². The summed E-state index contributed by atoms with van der Waals surface area (Å²) in [6, 6.07) is 15.4. The summed E-state index contributed by atoms with van der Waals surface area (Å²) in [6.07, 6.45) is 3.15. The molecule has 3 fully saturated rings. The molecular weight excluding hydrogens is 354 g/mol. The summed E-state index contributed by atoms with van der Waals surface area (Å²) in [7, 11) is 0. The normalized spacial score (nSPS) is 24.9. The summed E-state index contributed by atoms with van der Waals surface area (Å²) in [5.74, 6) is -0.235. The van der Waals surface area contributed by atoms with Crippen LogP contribution in [0.2, 0.25) is 0 Å². The van der Waals surface area contributed by atoms with Crippen LogP contribution in [-0.4, -0.2) is 29.8 Å². The molecule has 0 aliphatic heterocycles. The molecule has 144 valence electrons. The minimum absolute atomic E-state index is 0.0287. The highest BCUT2D eigenvalue weighted by atomic mass is 16.5. The van der Waals surface area contributed by atoms with E-state index < -0.39 is 18.1 Å². The van der Waals surface area contributed by atoms with E-state index in [1.165, 1.54) is 11.1 Å². The van der Waals surface area contributed by atoms with E-state index in [9.17, 15) is 14.7 Å². The van der Waals surface area contributed by atoms with Gasteiger partial charge in [-0.3, -0.25) is 0 Å². The maximum absolute atomic E-state index is 12.3. The fourth-order valence-corrected chi connectivity index (χ4v) is 5.32. The molecule has 0 spiro atoms. The zero-order valence-corrected chi connectivity index (χ0v) is 15.6. The van der Waals surface area contributed by atoms with Gasteiger partial charge in [-0.2, -0.15) is 0 Å². The molecule has 2 aromatic rings. The Morgan fingerprint density at radius 3 is 2.11 bits per heavy atom. The van der Waals surface area contributed by atoms with Gasteiger partial charge in [0.1, 0.15) is 12.6 Å². The Morgan fingerprint density at radius 2 is 1.61 bits per heavy atom. The van der Waals surface area contributed by atoms with E-state index >= 15 is 0 Å². The summed E-state index contributed by atoms with van der Waals surface area (Å²) >= 11 is 0. The minimum Gasteiger partial charge on any atom is -0.480 e. The Morgan fingerprint density at radius 1 is 1.04 bits per heavy atom. The number of fused-ring (bicyclic) bond motifs is 3. The Bertz CT molecular complexity index is 891. The van der Waals surface area contributed by atoms with Crippen LogP contribution in [0.25, 0.3) is 11.1 Å². The highest BCUT2D eigenvalue weighted by Gasteiger charge is 2.57. The number of carbonyl (C=O) groups is 2. The van der Waals surface area contributed by atoms with Crippen molar-refractivity contribution in [1.29, 1.82) is 0 Å². The molecule has 0 saturated heterocycles. The summed E-state index contributed by atoms with van der Waals surface area (Å²) in [6.45, 7) is 0.194. The lowest BCUT2D eigenvalue weighted by Gasteiger charge is -2.62. The first-order chi connectivity index (χ1) is 13.5. The lowest BCUT2D eigenvalue weighted by Crippen LogP contribution is -2.56. The van der Waals surface area contributed by atoms with Crippen LogP contribution in [0.3, 0.4) is 0 Å². The third-order valence-electron chi connectivity index (χ3n) is 6.74. The number of hydrogen-bond donors (Lipinski definition) is 2. The van der Waals surface area contributed by atoms with E-state index in [4.69, 9.17) is 4.74 Å². The molecule has 4 aliphatic rings. The first kappa shape index (κ1) is 17.3. The van der Waals surface area contributed by atoms with Crippen LogP contribution in [0.4, 0.5) is 4.79 Å². The fourth-order valence-electron chi connectivity index (χ4n) is 5.32. The van der Waals surface area contributed by atoms with Crippen molar-refractivity contribution in [3.63, 3.8) is 0 Å². The number of ether oxygens (including phenoxy) is 1. The van der Waals surface area contributed by atoms with Crippen LogP contribution in [0.15, 0.2) is 48.5 Å². The molecule has 6 rings (SSSR count). The van der Waals surface area contributed by atoms with Gasteiger partial charge in [-0.1, -0.05) is 48.5 Å². The average molecular weight is 377 g/mol. The number of benzene rings is 2. The third-order valence-corrected chi connectivity index (χ3v) is 6.74. The first-order valence-corrected chi connectivity index (χ1v) is 9.89. The summed E-state index contributed by atoms with van der Waals surface area (Å²) in [4.78, 5) is 23.9. The van der Waals surface area contributed by atoms with Crippen molar-refractivity contribution in [2.45, 2.75) is 37.6 Å². The van der Waals surface area contributed by atoms with Crippen molar-refractivity contribution < 1.29 is 19.4 Å². The van der Waals surface area contributed by atoms with E-state index in [1.54, 1.807) is 0 Å². The number of nitrogens with one attached hydrogen (secondary N) is 1. The summed E-state index contributed by atoms with van der Waals surface area (Å²) in [5.41, 5.74) is 4.75. The second kappa shape index (κ2) is 6.36. The number of carboxylic acids is 1. The molecule has 0 aromatic heterocycles. The zero-order valence-electron chi connectivity index (χ0n) is 15.6. The van der Waals surface area contributed by atoms with E-state index in [2.05, 4.69) is 29.6 Å². The Labute approximate surface area is 163 Å². The zero-order chi connectivity index (χ0) is 19.3. The van der Waals surface area contributed by atoms with Crippen LogP contribution in [0, 0.1) is 11.3 Å². The SMILES string of the molecule is O=C(N[C@H](CC12CC(C1)C2)C(=O)O)OCC1c2ccccc2-c2ccccc21. The monoisotopic (exact) mass is 377 g/mol. The summed E-state index contributed by atoms with van der Waals surface area (Å²) in [5, 5.41) is 12.1. The summed E-state index contributed by atoms with van der Waals surface area (Å²) < 4.78 is 5.49. The lowest BCUT2D eigenvalue weighted by atomic mass is 9.43. The molecule has 1 amide bonds. The van der Waals surface area contributed by atoms with Gasteiger partial charge in [0.25, 0.3) is 0 Å². The lowest BCUT2D eigenvalue weighted by molar-refractivity contribution is -0.149. The van der Waals surface area contributed by atoms with Crippen LogP contribution in [0.1, 0.15) is 42.7 Å². The third kappa shape index (κ3) is 2.77. The molecule has 2 bridgehead atoms. The number of rotatable bonds is 6. The number of hydrogen-bond acceptors (Lipinski definition) is 3. The second-order valence-corrected chi connectivity index (χ2v) is 8.54. The quantitative estimate of drug-likeness (QED) is 0.792. The largest absolute Gasteiger partial charge is 0.480 e. The van der Waals surface area contributed by atoms with Gasteiger partial charge in [0.2, 0.25) is 0 Å². The molecule has 2 N–H and O–H groups in total. The van der Waals surface area contributed by atoms with Gasteiger partial charge in [-0.25, -0.2) is 9.59 Å². The van der Waals surface area contributed by atoms with E-state index in [0.29, 0.717) is 6.42 Å². The Kier molecular flexibility index (Phi) is 3.93.